The zero-order valence-electron chi connectivity index (χ0n) is 18.3. The van der Waals surface area contributed by atoms with Crippen molar-refractivity contribution < 1.29 is 4.74 Å². The molecule has 9 heteroatoms. The summed E-state index contributed by atoms with van der Waals surface area (Å²) in [6.45, 7) is 7.57. The molecule has 5 rings (SSSR count). The largest absolute Gasteiger partial charge is 0.378 e. The van der Waals surface area contributed by atoms with Gasteiger partial charge >= 0.3 is 0 Å². The predicted molar refractivity (Wildman–Crippen MR) is 125 cm³/mol. The van der Waals surface area contributed by atoms with Crippen LogP contribution in [-0.4, -0.2) is 59.3 Å². The van der Waals surface area contributed by atoms with Gasteiger partial charge in [0.25, 0.3) is 0 Å². The van der Waals surface area contributed by atoms with Crippen molar-refractivity contribution in [3.63, 3.8) is 0 Å². The molecule has 0 unspecified atom stereocenters. The van der Waals surface area contributed by atoms with Gasteiger partial charge in [-0.05, 0) is 36.8 Å². The summed E-state index contributed by atoms with van der Waals surface area (Å²) in [6.07, 6.45) is 4.43. The molecule has 0 bridgehead atoms. The molecule has 1 fully saturated rings. The van der Waals surface area contributed by atoms with Crippen LogP contribution < -0.4 is 20.7 Å². The Balaban J connectivity index is 1.50. The van der Waals surface area contributed by atoms with Crippen molar-refractivity contribution >= 4 is 17.5 Å². The molecule has 1 aromatic carbocycles. The lowest BCUT2D eigenvalue weighted by Gasteiger charge is -2.34. The van der Waals surface area contributed by atoms with Crippen molar-refractivity contribution in [3.05, 3.63) is 54.0 Å². The lowest BCUT2D eigenvalue weighted by atomic mass is 10.0. The van der Waals surface area contributed by atoms with Gasteiger partial charge in [-0.15, -0.1) is 0 Å². The number of rotatable bonds is 6. The number of hydrogen-bond donors (Lipinski definition) is 2. The fourth-order valence-corrected chi connectivity index (χ4v) is 4.09. The molecule has 4 heterocycles. The molecule has 0 saturated carbocycles. The number of aromatic nitrogens is 4. The number of nitrogens with one attached hydrogen (secondary N) is 2. The van der Waals surface area contributed by atoms with Crippen LogP contribution in [0.25, 0.3) is 11.4 Å². The first kappa shape index (κ1) is 20.6. The highest BCUT2D eigenvalue weighted by atomic mass is 16.5. The molecule has 2 aromatic heterocycles. The fourth-order valence-electron chi connectivity index (χ4n) is 4.09. The lowest BCUT2D eigenvalue weighted by Crippen LogP contribution is -2.39. The predicted octanol–water partition coefficient (Wildman–Crippen LogP) is 2.27. The first-order valence-electron chi connectivity index (χ1n) is 11.2. The van der Waals surface area contributed by atoms with Crippen LogP contribution in [0.4, 0.5) is 17.5 Å². The van der Waals surface area contributed by atoms with Gasteiger partial charge < -0.3 is 20.0 Å². The van der Waals surface area contributed by atoms with Crippen LogP contribution in [0, 0.1) is 0 Å². The second-order valence-electron chi connectivity index (χ2n) is 7.85. The van der Waals surface area contributed by atoms with Crippen LogP contribution in [0.1, 0.15) is 18.2 Å². The minimum absolute atomic E-state index is 0.673. The third-order valence-corrected chi connectivity index (χ3v) is 5.74. The van der Waals surface area contributed by atoms with E-state index in [-0.39, 0.29) is 0 Å². The summed E-state index contributed by atoms with van der Waals surface area (Å²) < 4.78 is 5.58. The Morgan fingerprint density at radius 3 is 2.50 bits per heavy atom. The zero-order valence-corrected chi connectivity index (χ0v) is 18.3. The van der Waals surface area contributed by atoms with E-state index in [9.17, 15) is 0 Å². The second kappa shape index (κ2) is 9.46. The van der Waals surface area contributed by atoms with E-state index in [1.165, 1.54) is 5.56 Å². The van der Waals surface area contributed by atoms with E-state index < -0.39 is 0 Å². The van der Waals surface area contributed by atoms with E-state index in [0.29, 0.717) is 6.54 Å². The Hall–Kier alpha value is -3.30. The highest BCUT2D eigenvalue weighted by Crippen LogP contribution is 2.31. The SMILES string of the molecule is CCNNc1ccc(-c2nc3c(c(N4CCOCC4)n2)CCN(c2ncccn2)C3)cc1. The van der Waals surface area contributed by atoms with Gasteiger partial charge in [0, 0.05) is 55.4 Å². The van der Waals surface area contributed by atoms with E-state index in [1.54, 1.807) is 12.4 Å². The van der Waals surface area contributed by atoms with Crippen molar-refractivity contribution in [2.24, 2.45) is 0 Å². The zero-order chi connectivity index (χ0) is 21.8. The van der Waals surface area contributed by atoms with Gasteiger partial charge in [-0.25, -0.2) is 25.4 Å². The molecule has 0 atom stereocenters. The first-order chi connectivity index (χ1) is 15.8. The number of hydrogen-bond acceptors (Lipinski definition) is 9. The fraction of sp³-hybridized carbons (Fsp3) is 0.391. The van der Waals surface area contributed by atoms with E-state index in [4.69, 9.17) is 14.7 Å². The van der Waals surface area contributed by atoms with Crippen molar-refractivity contribution in [3.8, 4) is 11.4 Å². The number of fused-ring (bicyclic) bond motifs is 1. The topological polar surface area (TPSA) is 91.3 Å². The van der Waals surface area contributed by atoms with Gasteiger partial charge in [-0.1, -0.05) is 6.92 Å². The molecule has 32 heavy (non-hydrogen) atoms. The average Bonchev–Trinajstić information content (AvgIpc) is 2.88. The quantitative estimate of drug-likeness (QED) is 0.569. The Morgan fingerprint density at radius 2 is 1.75 bits per heavy atom. The van der Waals surface area contributed by atoms with Crippen LogP contribution in [0.2, 0.25) is 0 Å². The summed E-state index contributed by atoms with van der Waals surface area (Å²) in [4.78, 5) is 23.4. The normalized spacial score (nSPS) is 16.0. The molecule has 0 spiro atoms. The molecule has 3 aromatic rings. The lowest BCUT2D eigenvalue weighted by molar-refractivity contribution is 0.122. The van der Waals surface area contributed by atoms with Crippen molar-refractivity contribution in [2.45, 2.75) is 19.9 Å². The molecular weight excluding hydrogens is 404 g/mol. The maximum absolute atomic E-state index is 5.58. The Labute approximate surface area is 187 Å². The van der Waals surface area contributed by atoms with Gasteiger partial charge in [0.05, 0.1) is 25.5 Å². The molecule has 2 N–H and O–H groups in total. The number of ether oxygens (including phenoxy) is 1. The molecule has 0 aliphatic carbocycles. The number of nitrogens with zero attached hydrogens (tertiary/aromatic N) is 6. The minimum atomic E-state index is 0.673. The van der Waals surface area contributed by atoms with Gasteiger partial charge in [-0.3, -0.25) is 0 Å². The molecule has 0 amide bonds. The van der Waals surface area contributed by atoms with E-state index in [0.717, 1.165) is 80.3 Å². The summed E-state index contributed by atoms with van der Waals surface area (Å²) in [6, 6.07) is 10.0. The van der Waals surface area contributed by atoms with E-state index >= 15 is 0 Å². The highest BCUT2D eigenvalue weighted by Gasteiger charge is 2.27. The highest BCUT2D eigenvalue weighted by molar-refractivity contribution is 5.64. The van der Waals surface area contributed by atoms with Crippen LogP contribution in [-0.2, 0) is 17.7 Å². The van der Waals surface area contributed by atoms with Gasteiger partial charge in [0.2, 0.25) is 5.95 Å². The van der Waals surface area contributed by atoms with Crippen LogP contribution >= 0.6 is 0 Å². The van der Waals surface area contributed by atoms with Crippen molar-refractivity contribution in [1.29, 1.82) is 0 Å². The Kier molecular flexibility index (Phi) is 6.09. The monoisotopic (exact) mass is 432 g/mol. The molecule has 9 nitrogen and oxygen atoms in total. The van der Waals surface area contributed by atoms with E-state index in [2.05, 4.69) is 49.7 Å². The summed E-state index contributed by atoms with van der Waals surface area (Å²) in [5.74, 6) is 2.53. The first-order valence-corrected chi connectivity index (χ1v) is 11.2. The maximum Gasteiger partial charge on any atom is 0.225 e. The van der Waals surface area contributed by atoms with E-state index in [1.807, 2.05) is 18.2 Å². The third kappa shape index (κ3) is 4.35. The number of morpholine rings is 1. The molecule has 166 valence electrons. The summed E-state index contributed by atoms with van der Waals surface area (Å²) in [5.41, 5.74) is 10.6. The van der Waals surface area contributed by atoms with Gasteiger partial charge in [-0.2, -0.15) is 0 Å². The van der Waals surface area contributed by atoms with Gasteiger partial charge in [0.15, 0.2) is 5.82 Å². The van der Waals surface area contributed by atoms with Crippen molar-refractivity contribution in [1.82, 2.24) is 25.4 Å². The average molecular weight is 433 g/mol. The smallest absolute Gasteiger partial charge is 0.225 e. The maximum atomic E-state index is 5.58. The Morgan fingerprint density at radius 1 is 0.969 bits per heavy atom. The summed E-state index contributed by atoms with van der Waals surface area (Å²) >= 11 is 0. The number of benzene rings is 1. The molecule has 2 aliphatic heterocycles. The van der Waals surface area contributed by atoms with Crippen molar-refractivity contribution in [2.75, 3.05) is 54.6 Å². The molecule has 2 aliphatic rings. The molecular formula is C23H28N8O. The van der Waals surface area contributed by atoms with Crippen LogP contribution in [0.5, 0.6) is 0 Å². The van der Waals surface area contributed by atoms with Gasteiger partial charge in [0.1, 0.15) is 5.82 Å². The van der Waals surface area contributed by atoms with Crippen LogP contribution in [0.3, 0.4) is 0 Å². The second-order valence-corrected chi connectivity index (χ2v) is 7.85. The molecule has 0 radical (unpaired) electrons. The summed E-state index contributed by atoms with van der Waals surface area (Å²) in [7, 11) is 0. The van der Waals surface area contributed by atoms with Crippen LogP contribution in [0.15, 0.2) is 42.7 Å². The number of anilines is 3. The standard InChI is InChI=1S/C23H28N8O/c1-2-26-29-18-6-4-17(5-7-18)21-27-20-16-31(23-24-9-3-10-25-23)11-8-19(20)22(28-21)30-12-14-32-15-13-30/h3-7,9-10,26,29H,2,8,11-16H2,1H3. The Bertz CT molecular complexity index is 1040. The minimum Gasteiger partial charge on any atom is -0.378 e. The third-order valence-electron chi connectivity index (χ3n) is 5.74. The summed E-state index contributed by atoms with van der Waals surface area (Å²) in [5, 5.41) is 0. The number of hydrazine groups is 1. The molecule has 1 saturated heterocycles.